The first-order valence-electron chi connectivity index (χ1n) is 3.71. The van der Waals surface area contributed by atoms with Gasteiger partial charge in [-0.3, -0.25) is 0 Å². The molecular weight excluding hydrogens is 168 g/mol. The Morgan fingerprint density at radius 1 is 1.54 bits per heavy atom. The van der Waals surface area contributed by atoms with Crippen LogP contribution in [0, 0.1) is 11.8 Å². The van der Waals surface area contributed by atoms with Gasteiger partial charge >= 0.3 is 0 Å². The van der Waals surface area contributed by atoms with Crippen LogP contribution >= 0.6 is 0 Å². The second-order valence-corrected chi connectivity index (χ2v) is 2.59. The number of benzene rings is 1. The third-order valence-corrected chi connectivity index (χ3v) is 1.74. The lowest BCUT2D eigenvalue weighted by molar-refractivity contribution is 1.03. The van der Waals surface area contributed by atoms with Crippen molar-refractivity contribution in [2.75, 3.05) is 0 Å². The molecular formula is C8H8N4O. The van der Waals surface area contributed by atoms with Crippen LogP contribution in [0.3, 0.4) is 0 Å². The highest BCUT2D eigenvalue weighted by Crippen LogP contribution is 2.17. The summed E-state index contributed by atoms with van der Waals surface area (Å²) in [4.78, 5) is 12.8. The Morgan fingerprint density at radius 3 is 2.85 bits per heavy atom. The second kappa shape index (κ2) is 4.23. The molecule has 0 N–H and O–H groups in total. The lowest BCUT2D eigenvalue weighted by Crippen LogP contribution is -1.84. The smallest absolute Gasteiger partial charge is 0.108 e. The van der Waals surface area contributed by atoms with E-state index in [2.05, 4.69) is 15.2 Å². The number of nitrogens with zero attached hydrogens (tertiary/aromatic N) is 4. The third kappa shape index (κ3) is 2.28. The summed E-state index contributed by atoms with van der Waals surface area (Å²) in [6.45, 7) is 2.15. The first kappa shape index (κ1) is 9.22. The molecule has 5 heteroatoms. The van der Waals surface area contributed by atoms with Crippen LogP contribution in [0.25, 0.3) is 10.4 Å². The lowest BCUT2D eigenvalue weighted by Gasteiger charge is -2.00. The van der Waals surface area contributed by atoms with Gasteiger partial charge in [0.25, 0.3) is 0 Å². The van der Waals surface area contributed by atoms with Gasteiger partial charge in [-0.05, 0) is 40.9 Å². The molecule has 1 aromatic rings. The van der Waals surface area contributed by atoms with E-state index in [-0.39, 0.29) is 0 Å². The van der Waals surface area contributed by atoms with E-state index in [0.717, 1.165) is 11.1 Å². The van der Waals surface area contributed by atoms with E-state index in [1.165, 1.54) is 0 Å². The van der Waals surface area contributed by atoms with Gasteiger partial charge in [0.1, 0.15) is 5.69 Å². The van der Waals surface area contributed by atoms with Crippen molar-refractivity contribution < 1.29 is 0 Å². The molecule has 1 rings (SSSR count). The zero-order valence-corrected chi connectivity index (χ0v) is 7.14. The second-order valence-electron chi connectivity index (χ2n) is 2.59. The Hall–Kier alpha value is -1.87. The fourth-order valence-corrected chi connectivity index (χ4v) is 1.02. The predicted molar refractivity (Wildman–Crippen MR) is 49.5 cm³/mol. The van der Waals surface area contributed by atoms with Gasteiger partial charge < -0.3 is 0 Å². The topological polar surface area (TPSA) is 78.2 Å². The molecule has 0 fully saturated rings. The zero-order chi connectivity index (χ0) is 9.68. The summed E-state index contributed by atoms with van der Waals surface area (Å²) in [6.07, 6.45) is 0. The van der Waals surface area contributed by atoms with Crippen molar-refractivity contribution in [3.63, 3.8) is 0 Å². The molecule has 0 amide bonds. The Bertz CT molecular complexity index is 368. The maximum atomic E-state index is 10.2. The summed E-state index contributed by atoms with van der Waals surface area (Å²) in [5, 5.41) is 6.23. The number of aryl methyl sites for hydroxylation is 1. The molecule has 13 heavy (non-hydrogen) atoms. The van der Waals surface area contributed by atoms with Crippen LogP contribution in [-0.4, -0.2) is 0 Å². The van der Waals surface area contributed by atoms with Gasteiger partial charge in [0.2, 0.25) is 0 Å². The Kier molecular flexibility index (Phi) is 3.00. The van der Waals surface area contributed by atoms with Crippen LogP contribution < -0.4 is 0 Å². The molecule has 0 aliphatic carbocycles. The van der Waals surface area contributed by atoms with E-state index < -0.39 is 0 Å². The Balaban J connectivity index is 2.97. The van der Waals surface area contributed by atoms with Gasteiger partial charge in [-0.1, -0.05) is 11.2 Å². The molecule has 1 aromatic carbocycles. The Morgan fingerprint density at radius 2 is 2.31 bits per heavy atom. The van der Waals surface area contributed by atoms with E-state index in [9.17, 15) is 4.91 Å². The van der Waals surface area contributed by atoms with Gasteiger partial charge in [-0.2, -0.15) is 0 Å². The molecule has 0 bridgehead atoms. The van der Waals surface area contributed by atoms with Crippen molar-refractivity contribution in [3.8, 4) is 0 Å². The fourth-order valence-electron chi connectivity index (χ4n) is 1.02. The minimum absolute atomic E-state index is 0.307. The fraction of sp³-hybridized carbons (Fsp3) is 0.250. The van der Waals surface area contributed by atoms with Crippen LogP contribution in [0.4, 0.5) is 5.69 Å². The third-order valence-electron chi connectivity index (χ3n) is 1.74. The van der Waals surface area contributed by atoms with Crippen molar-refractivity contribution in [3.05, 3.63) is 44.7 Å². The summed E-state index contributed by atoms with van der Waals surface area (Å²) in [7, 11) is 0. The molecule has 66 valence electrons. The van der Waals surface area contributed by atoms with Crippen LogP contribution in [0.5, 0.6) is 0 Å². The highest BCUT2D eigenvalue weighted by atomic mass is 16.3. The molecule has 0 heterocycles. The normalized spacial score (nSPS) is 9.00. The van der Waals surface area contributed by atoms with E-state index in [1.54, 1.807) is 18.2 Å². The minimum atomic E-state index is 0.307. The molecule has 0 unspecified atom stereocenters. The van der Waals surface area contributed by atoms with Gasteiger partial charge in [0, 0.05) is 4.91 Å². The summed E-state index contributed by atoms with van der Waals surface area (Å²) in [5.41, 5.74) is 10.3. The number of azide groups is 1. The highest BCUT2D eigenvalue weighted by Gasteiger charge is 1.98. The first-order chi connectivity index (χ1) is 6.27. The highest BCUT2D eigenvalue weighted by molar-refractivity contribution is 5.43. The molecule has 0 saturated carbocycles. The molecule has 0 aliphatic heterocycles. The quantitative estimate of drug-likeness (QED) is 0.301. The van der Waals surface area contributed by atoms with Crippen molar-refractivity contribution in [1.82, 2.24) is 0 Å². The number of hydrogen-bond acceptors (Lipinski definition) is 3. The van der Waals surface area contributed by atoms with Gasteiger partial charge in [0.15, 0.2) is 0 Å². The standard InChI is InChI=1S/C8H8N4O/c1-6-4-8(11-13)3-2-7(6)5-10-12-9/h2-4H,5H2,1H3. The zero-order valence-electron chi connectivity index (χ0n) is 7.14. The monoisotopic (exact) mass is 176 g/mol. The molecule has 0 radical (unpaired) electrons. The molecule has 0 aliphatic rings. The van der Waals surface area contributed by atoms with Gasteiger partial charge in [0.05, 0.1) is 6.54 Å². The Labute approximate surface area is 75.0 Å². The summed E-state index contributed by atoms with van der Waals surface area (Å²) >= 11 is 0. The average Bonchev–Trinajstić information content (AvgIpc) is 2.16. The number of hydrogen-bond donors (Lipinski definition) is 0. The molecule has 0 spiro atoms. The summed E-state index contributed by atoms with van der Waals surface area (Å²) in [6, 6.07) is 5.00. The van der Waals surface area contributed by atoms with E-state index in [4.69, 9.17) is 5.53 Å². The van der Waals surface area contributed by atoms with E-state index >= 15 is 0 Å². The van der Waals surface area contributed by atoms with Crippen molar-refractivity contribution >= 4 is 5.69 Å². The van der Waals surface area contributed by atoms with Crippen molar-refractivity contribution in [2.45, 2.75) is 13.5 Å². The SMILES string of the molecule is Cc1cc(N=O)ccc1CN=[N+]=[N-]. The minimum Gasteiger partial charge on any atom is -0.145 e. The number of nitroso groups, excluding NO2 is 1. The van der Waals surface area contributed by atoms with E-state index in [1.807, 2.05) is 6.92 Å². The summed E-state index contributed by atoms with van der Waals surface area (Å²) < 4.78 is 0. The number of rotatable bonds is 3. The maximum absolute atomic E-state index is 10.2. The van der Waals surface area contributed by atoms with Crippen LogP contribution in [0.1, 0.15) is 11.1 Å². The van der Waals surface area contributed by atoms with Crippen molar-refractivity contribution in [2.24, 2.45) is 10.3 Å². The predicted octanol–water partition coefficient (Wildman–Crippen LogP) is 3.20. The van der Waals surface area contributed by atoms with Crippen LogP contribution in [0.15, 0.2) is 28.5 Å². The largest absolute Gasteiger partial charge is 0.145 e. The average molecular weight is 176 g/mol. The van der Waals surface area contributed by atoms with Crippen molar-refractivity contribution in [1.29, 1.82) is 0 Å². The maximum Gasteiger partial charge on any atom is 0.108 e. The van der Waals surface area contributed by atoms with Crippen LogP contribution in [-0.2, 0) is 6.54 Å². The summed E-state index contributed by atoms with van der Waals surface area (Å²) in [5.74, 6) is 0. The van der Waals surface area contributed by atoms with Gasteiger partial charge in [-0.15, -0.1) is 4.91 Å². The molecule has 0 atom stereocenters. The lowest BCUT2D eigenvalue weighted by atomic mass is 10.1. The molecule has 5 nitrogen and oxygen atoms in total. The van der Waals surface area contributed by atoms with Gasteiger partial charge in [-0.25, -0.2) is 0 Å². The molecule has 0 aromatic heterocycles. The van der Waals surface area contributed by atoms with Crippen LogP contribution in [0.2, 0.25) is 0 Å². The first-order valence-corrected chi connectivity index (χ1v) is 3.71. The molecule has 0 saturated heterocycles. The van der Waals surface area contributed by atoms with E-state index in [0.29, 0.717) is 12.2 Å².